The number of benzene rings is 1. The van der Waals surface area contributed by atoms with E-state index >= 15 is 0 Å². The van der Waals surface area contributed by atoms with E-state index in [1.54, 1.807) is 0 Å². The Morgan fingerprint density at radius 1 is 1.38 bits per heavy atom. The average Bonchev–Trinajstić information content (AvgIpc) is 2.99. The van der Waals surface area contributed by atoms with Gasteiger partial charge < -0.3 is 20.3 Å². The van der Waals surface area contributed by atoms with E-state index in [-0.39, 0.29) is 24.0 Å². The Bertz CT molecular complexity index is 793. The molecule has 2 aromatic rings. The molecule has 6 nitrogen and oxygen atoms in total. The molecule has 2 heterocycles. The van der Waals surface area contributed by atoms with E-state index in [2.05, 4.69) is 20.2 Å². The van der Waals surface area contributed by atoms with E-state index in [4.69, 9.17) is 11.6 Å². The molecule has 3 N–H and O–H groups in total. The third-order valence-corrected chi connectivity index (χ3v) is 4.98. The van der Waals surface area contributed by atoms with E-state index in [1.165, 1.54) is 0 Å². The largest absolute Gasteiger partial charge is 0.394 e. The summed E-state index contributed by atoms with van der Waals surface area (Å²) in [6.45, 7) is 7.99. The quantitative estimate of drug-likeness (QED) is 0.765. The van der Waals surface area contributed by atoms with E-state index in [0.717, 1.165) is 30.2 Å². The van der Waals surface area contributed by atoms with Crippen molar-refractivity contribution in [2.45, 2.75) is 39.9 Å². The number of aromatic nitrogens is 2. The molecule has 1 unspecified atom stereocenters. The first kappa shape index (κ1) is 18.9. The fraction of sp³-hybridized carbons (Fsp3) is 0.474. The highest BCUT2D eigenvalue weighted by atomic mass is 35.5. The standard InChI is InChI=1S/C19H25ClN4O2/c1-19(2,3)15(11-25)22-18(26)16-14-10-21-8-9-24(14)17(23-16)12-4-6-13(20)7-5-12/h4-7,15,21,25H,8-11H2,1-3H3,(H,22,26). The third-order valence-electron chi connectivity index (χ3n) is 4.73. The molecular weight excluding hydrogens is 352 g/mol. The molecule has 1 aromatic heterocycles. The first-order valence-electron chi connectivity index (χ1n) is 8.79. The smallest absolute Gasteiger partial charge is 0.272 e. The SMILES string of the molecule is CC(C)(C)C(CO)NC(=O)c1nc(-c2ccc(Cl)cc2)n2c1CNCC2. The minimum Gasteiger partial charge on any atom is -0.394 e. The highest BCUT2D eigenvalue weighted by molar-refractivity contribution is 6.30. The topological polar surface area (TPSA) is 79.2 Å². The second-order valence-electron chi connectivity index (χ2n) is 7.64. The molecular formula is C19H25ClN4O2. The van der Waals surface area contributed by atoms with Gasteiger partial charge in [0, 0.05) is 30.2 Å². The second kappa shape index (κ2) is 7.39. The van der Waals surface area contributed by atoms with Crippen molar-refractivity contribution in [2.24, 2.45) is 5.41 Å². The van der Waals surface area contributed by atoms with Crippen LogP contribution >= 0.6 is 11.6 Å². The Hall–Kier alpha value is -1.89. The van der Waals surface area contributed by atoms with E-state index in [1.807, 2.05) is 45.0 Å². The molecule has 1 aromatic carbocycles. The number of aliphatic hydroxyl groups is 1. The van der Waals surface area contributed by atoms with Gasteiger partial charge in [-0.05, 0) is 29.7 Å². The van der Waals surface area contributed by atoms with Crippen LogP contribution in [0.4, 0.5) is 0 Å². The Morgan fingerprint density at radius 3 is 2.69 bits per heavy atom. The Kier molecular flexibility index (Phi) is 5.37. The minimum absolute atomic E-state index is 0.117. The molecule has 26 heavy (non-hydrogen) atoms. The van der Waals surface area contributed by atoms with Crippen molar-refractivity contribution >= 4 is 17.5 Å². The van der Waals surface area contributed by atoms with Crippen molar-refractivity contribution < 1.29 is 9.90 Å². The number of fused-ring (bicyclic) bond motifs is 1. The molecule has 0 fully saturated rings. The minimum atomic E-state index is -0.345. The maximum absolute atomic E-state index is 12.9. The van der Waals surface area contributed by atoms with Crippen LogP contribution in [0.2, 0.25) is 5.02 Å². The third kappa shape index (κ3) is 3.77. The number of hydrogen-bond donors (Lipinski definition) is 3. The van der Waals surface area contributed by atoms with E-state index in [0.29, 0.717) is 17.3 Å². The molecule has 1 atom stereocenters. The Balaban J connectivity index is 1.97. The van der Waals surface area contributed by atoms with Gasteiger partial charge in [0.05, 0.1) is 18.3 Å². The summed E-state index contributed by atoms with van der Waals surface area (Å²) in [5, 5.41) is 16.5. The summed E-state index contributed by atoms with van der Waals surface area (Å²) in [6.07, 6.45) is 0. The lowest BCUT2D eigenvalue weighted by Crippen LogP contribution is -2.46. The van der Waals surface area contributed by atoms with Gasteiger partial charge in [0.2, 0.25) is 0 Å². The van der Waals surface area contributed by atoms with Gasteiger partial charge in [-0.2, -0.15) is 0 Å². The molecule has 3 rings (SSSR count). The summed E-state index contributed by atoms with van der Waals surface area (Å²) in [7, 11) is 0. The molecule has 0 aliphatic carbocycles. The summed E-state index contributed by atoms with van der Waals surface area (Å²) in [5.41, 5.74) is 1.95. The Morgan fingerprint density at radius 2 is 2.08 bits per heavy atom. The molecule has 0 saturated heterocycles. The number of carbonyl (C=O) groups excluding carboxylic acids is 1. The molecule has 1 amide bonds. The normalized spacial score (nSPS) is 15.4. The maximum atomic E-state index is 12.9. The molecule has 1 aliphatic rings. The van der Waals surface area contributed by atoms with Crippen molar-refractivity contribution in [3.05, 3.63) is 40.7 Å². The molecule has 0 radical (unpaired) electrons. The van der Waals surface area contributed by atoms with Crippen LogP contribution in [0.3, 0.4) is 0 Å². The number of rotatable bonds is 4. The van der Waals surface area contributed by atoms with Gasteiger partial charge in [-0.3, -0.25) is 4.79 Å². The van der Waals surface area contributed by atoms with E-state index < -0.39 is 0 Å². The molecule has 140 valence electrons. The zero-order chi connectivity index (χ0) is 18.9. The lowest BCUT2D eigenvalue weighted by molar-refractivity contribution is 0.0842. The van der Waals surface area contributed by atoms with Crippen LogP contribution in [0.1, 0.15) is 37.0 Å². The van der Waals surface area contributed by atoms with Crippen LogP contribution in [-0.4, -0.2) is 39.8 Å². The second-order valence-corrected chi connectivity index (χ2v) is 8.08. The lowest BCUT2D eigenvalue weighted by Gasteiger charge is -2.29. The summed E-state index contributed by atoms with van der Waals surface area (Å²) in [4.78, 5) is 17.5. The van der Waals surface area contributed by atoms with Gasteiger partial charge in [0.15, 0.2) is 5.69 Å². The predicted molar refractivity (Wildman–Crippen MR) is 102 cm³/mol. The zero-order valence-corrected chi connectivity index (χ0v) is 16.1. The summed E-state index contributed by atoms with van der Waals surface area (Å²) < 4.78 is 2.08. The van der Waals surface area contributed by atoms with Crippen molar-refractivity contribution in [2.75, 3.05) is 13.2 Å². The monoisotopic (exact) mass is 376 g/mol. The van der Waals surface area contributed by atoms with Crippen molar-refractivity contribution in [3.8, 4) is 11.4 Å². The predicted octanol–water partition coefficient (Wildman–Crippen LogP) is 2.44. The number of halogens is 1. The van der Waals surface area contributed by atoms with Crippen LogP contribution in [0, 0.1) is 5.41 Å². The zero-order valence-electron chi connectivity index (χ0n) is 15.3. The van der Waals surface area contributed by atoms with Gasteiger partial charge >= 0.3 is 0 Å². The van der Waals surface area contributed by atoms with Gasteiger partial charge in [-0.25, -0.2) is 4.98 Å². The number of imidazole rings is 1. The number of hydrogen-bond acceptors (Lipinski definition) is 4. The summed E-state index contributed by atoms with van der Waals surface area (Å²) in [5.74, 6) is 0.506. The number of amides is 1. The van der Waals surface area contributed by atoms with Crippen LogP contribution < -0.4 is 10.6 Å². The van der Waals surface area contributed by atoms with Gasteiger partial charge in [-0.15, -0.1) is 0 Å². The Labute approximate surface area is 158 Å². The van der Waals surface area contributed by atoms with Crippen LogP contribution in [0.25, 0.3) is 11.4 Å². The highest BCUT2D eigenvalue weighted by Crippen LogP contribution is 2.26. The van der Waals surface area contributed by atoms with Gasteiger partial charge in [0.1, 0.15) is 5.82 Å². The van der Waals surface area contributed by atoms with Gasteiger partial charge in [-0.1, -0.05) is 32.4 Å². The van der Waals surface area contributed by atoms with Crippen molar-refractivity contribution in [1.82, 2.24) is 20.2 Å². The molecule has 0 spiro atoms. The fourth-order valence-corrected chi connectivity index (χ4v) is 3.19. The van der Waals surface area contributed by atoms with Crippen molar-refractivity contribution in [1.29, 1.82) is 0 Å². The molecule has 0 bridgehead atoms. The maximum Gasteiger partial charge on any atom is 0.272 e. The van der Waals surface area contributed by atoms with Crippen LogP contribution in [-0.2, 0) is 13.1 Å². The fourth-order valence-electron chi connectivity index (χ4n) is 3.07. The average molecular weight is 377 g/mol. The lowest BCUT2D eigenvalue weighted by atomic mass is 9.87. The van der Waals surface area contributed by atoms with Crippen molar-refractivity contribution in [3.63, 3.8) is 0 Å². The first-order chi connectivity index (χ1) is 12.3. The summed E-state index contributed by atoms with van der Waals surface area (Å²) in [6, 6.07) is 7.12. The first-order valence-corrected chi connectivity index (χ1v) is 9.17. The van der Waals surface area contributed by atoms with Crippen LogP contribution in [0.5, 0.6) is 0 Å². The molecule has 0 saturated carbocycles. The van der Waals surface area contributed by atoms with Gasteiger partial charge in [0.25, 0.3) is 5.91 Å². The molecule has 7 heteroatoms. The molecule has 1 aliphatic heterocycles. The summed E-state index contributed by atoms with van der Waals surface area (Å²) >= 11 is 5.99. The van der Waals surface area contributed by atoms with Crippen LogP contribution in [0.15, 0.2) is 24.3 Å². The highest BCUT2D eigenvalue weighted by Gasteiger charge is 2.30. The number of nitrogens with zero attached hydrogens (tertiary/aromatic N) is 2. The van der Waals surface area contributed by atoms with E-state index in [9.17, 15) is 9.90 Å². The number of nitrogens with one attached hydrogen (secondary N) is 2. The number of aliphatic hydroxyl groups excluding tert-OH is 1. The number of carbonyl (C=O) groups is 1.